The quantitative estimate of drug-likeness (QED) is 0.594. The Kier molecular flexibility index (Phi) is 2.05. The number of ether oxygens (including phenoxy) is 1. The Hall–Kier alpha value is -0.120. The van der Waals surface area contributed by atoms with E-state index in [0.29, 0.717) is 0 Å². The SMILES string of the molecule is CC1(C)C(C)(C)[C@@]2(C)OO[C@](C)(O2)C1(C)C. The van der Waals surface area contributed by atoms with Crippen molar-refractivity contribution < 1.29 is 14.5 Å². The van der Waals surface area contributed by atoms with Gasteiger partial charge in [0.15, 0.2) is 0 Å². The van der Waals surface area contributed by atoms with E-state index in [4.69, 9.17) is 14.5 Å². The molecule has 0 aromatic rings. The van der Waals surface area contributed by atoms with Gasteiger partial charge in [-0.25, -0.2) is 0 Å². The molecule has 3 nitrogen and oxygen atoms in total. The molecule has 2 atom stereocenters. The maximum Gasteiger partial charge on any atom is 0.207 e. The zero-order chi connectivity index (χ0) is 12.6. The number of hydrogen-bond acceptors (Lipinski definition) is 3. The molecule has 2 saturated heterocycles. The third-order valence-electron chi connectivity index (χ3n) is 6.14. The van der Waals surface area contributed by atoms with E-state index in [9.17, 15) is 0 Å². The van der Waals surface area contributed by atoms with Crippen LogP contribution in [0.5, 0.6) is 0 Å². The lowest BCUT2D eigenvalue weighted by atomic mass is 9.48. The van der Waals surface area contributed by atoms with Gasteiger partial charge in [0.25, 0.3) is 0 Å². The van der Waals surface area contributed by atoms with Crippen LogP contribution in [0.1, 0.15) is 55.4 Å². The number of fused-ring (bicyclic) bond motifs is 2. The molecular weight excluding hydrogens is 204 g/mol. The van der Waals surface area contributed by atoms with Crippen LogP contribution in [0.2, 0.25) is 0 Å². The molecule has 2 fully saturated rings. The lowest BCUT2D eigenvalue weighted by molar-refractivity contribution is -0.357. The fourth-order valence-electron chi connectivity index (χ4n) is 2.94. The molecule has 2 bridgehead atoms. The van der Waals surface area contributed by atoms with E-state index in [-0.39, 0.29) is 16.2 Å². The van der Waals surface area contributed by atoms with E-state index in [0.717, 1.165) is 0 Å². The molecule has 2 rings (SSSR count). The molecule has 2 aliphatic heterocycles. The molecule has 3 heteroatoms. The van der Waals surface area contributed by atoms with E-state index in [1.54, 1.807) is 0 Å². The fraction of sp³-hybridized carbons (Fsp3) is 1.00. The molecule has 0 aromatic carbocycles. The van der Waals surface area contributed by atoms with Crippen LogP contribution >= 0.6 is 0 Å². The van der Waals surface area contributed by atoms with E-state index >= 15 is 0 Å². The van der Waals surface area contributed by atoms with Gasteiger partial charge in [0.1, 0.15) is 0 Å². The third-order valence-corrected chi connectivity index (χ3v) is 6.14. The molecule has 16 heavy (non-hydrogen) atoms. The molecule has 94 valence electrons. The van der Waals surface area contributed by atoms with E-state index in [1.807, 2.05) is 13.8 Å². The molecular formula is C13H24O3. The largest absolute Gasteiger partial charge is 0.312 e. The first-order valence-corrected chi connectivity index (χ1v) is 5.98. The van der Waals surface area contributed by atoms with Gasteiger partial charge in [-0.2, -0.15) is 9.78 Å². The van der Waals surface area contributed by atoms with E-state index < -0.39 is 11.6 Å². The summed E-state index contributed by atoms with van der Waals surface area (Å²) in [4.78, 5) is 11.1. The van der Waals surface area contributed by atoms with Crippen molar-refractivity contribution in [3.63, 3.8) is 0 Å². The molecule has 2 heterocycles. The molecule has 0 amide bonds. The topological polar surface area (TPSA) is 27.7 Å². The van der Waals surface area contributed by atoms with E-state index in [2.05, 4.69) is 41.5 Å². The lowest BCUT2D eigenvalue weighted by Gasteiger charge is -2.62. The van der Waals surface area contributed by atoms with Gasteiger partial charge in [0.2, 0.25) is 11.6 Å². The van der Waals surface area contributed by atoms with Gasteiger partial charge >= 0.3 is 0 Å². The fourth-order valence-corrected chi connectivity index (χ4v) is 2.94. The van der Waals surface area contributed by atoms with Crippen molar-refractivity contribution in [3.05, 3.63) is 0 Å². The van der Waals surface area contributed by atoms with Gasteiger partial charge in [0.05, 0.1) is 0 Å². The monoisotopic (exact) mass is 228 g/mol. The van der Waals surface area contributed by atoms with Crippen LogP contribution in [0.25, 0.3) is 0 Å². The summed E-state index contributed by atoms with van der Waals surface area (Å²) >= 11 is 0. The molecule has 2 aliphatic rings. The number of hydrogen-bond donors (Lipinski definition) is 0. The lowest BCUT2D eigenvalue weighted by Crippen LogP contribution is -2.67. The van der Waals surface area contributed by atoms with Crippen molar-refractivity contribution in [1.29, 1.82) is 0 Å². The van der Waals surface area contributed by atoms with Crippen molar-refractivity contribution in [2.75, 3.05) is 0 Å². The molecule has 0 saturated carbocycles. The predicted octanol–water partition coefficient (Wildman–Crippen LogP) is 3.49. The Bertz CT molecular complexity index is 302. The maximum absolute atomic E-state index is 6.09. The second kappa shape index (κ2) is 2.65. The van der Waals surface area contributed by atoms with Crippen LogP contribution in [-0.4, -0.2) is 11.6 Å². The first-order chi connectivity index (χ1) is 6.91. The Labute approximate surface area is 98.4 Å². The van der Waals surface area contributed by atoms with Crippen LogP contribution in [0.15, 0.2) is 0 Å². The predicted molar refractivity (Wildman–Crippen MR) is 61.4 cm³/mol. The maximum atomic E-state index is 6.09. The normalized spacial score (nSPS) is 48.0. The van der Waals surface area contributed by atoms with Crippen LogP contribution in [0.3, 0.4) is 0 Å². The molecule has 0 aromatic heterocycles. The van der Waals surface area contributed by atoms with Gasteiger partial charge in [-0.05, 0) is 19.3 Å². The van der Waals surface area contributed by atoms with E-state index in [1.165, 1.54) is 0 Å². The molecule has 0 spiro atoms. The summed E-state index contributed by atoms with van der Waals surface area (Å²) in [5.41, 5.74) is -0.253. The second-order valence-electron chi connectivity index (χ2n) is 7.04. The van der Waals surface area contributed by atoms with Crippen molar-refractivity contribution in [2.24, 2.45) is 16.2 Å². The number of rotatable bonds is 0. The van der Waals surface area contributed by atoms with Crippen LogP contribution < -0.4 is 0 Å². The Morgan fingerprint density at radius 2 is 0.812 bits per heavy atom. The van der Waals surface area contributed by atoms with Gasteiger partial charge in [0, 0.05) is 10.8 Å². The Balaban J connectivity index is 2.64. The second-order valence-corrected chi connectivity index (χ2v) is 7.04. The van der Waals surface area contributed by atoms with Crippen molar-refractivity contribution in [1.82, 2.24) is 0 Å². The minimum absolute atomic E-state index is 0.0260. The smallest absolute Gasteiger partial charge is 0.207 e. The average Bonchev–Trinajstić information content (AvgIpc) is 2.43. The van der Waals surface area contributed by atoms with Crippen LogP contribution in [-0.2, 0) is 14.5 Å². The summed E-state index contributed by atoms with van der Waals surface area (Å²) < 4.78 is 6.09. The van der Waals surface area contributed by atoms with Crippen LogP contribution in [0, 0.1) is 16.2 Å². The zero-order valence-corrected chi connectivity index (χ0v) is 11.7. The van der Waals surface area contributed by atoms with Gasteiger partial charge in [-0.15, -0.1) is 0 Å². The molecule has 0 unspecified atom stereocenters. The summed E-state index contributed by atoms with van der Waals surface area (Å²) in [7, 11) is 0. The highest BCUT2D eigenvalue weighted by Crippen LogP contribution is 2.69. The summed E-state index contributed by atoms with van der Waals surface area (Å²) in [6, 6.07) is 0. The zero-order valence-electron chi connectivity index (χ0n) is 11.7. The van der Waals surface area contributed by atoms with Gasteiger partial charge < -0.3 is 4.74 Å². The van der Waals surface area contributed by atoms with Crippen molar-refractivity contribution in [3.8, 4) is 0 Å². The first-order valence-electron chi connectivity index (χ1n) is 5.98. The summed E-state index contributed by atoms with van der Waals surface area (Å²) in [5, 5.41) is 0. The Morgan fingerprint density at radius 1 is 0.500 bits per heavy atom. The van der Waals surface area contributed by atoms with Crippen molar-refractivity contribution >= 4 is 0 Å². The highest BCUT2D eigenvalue weighted by Gasteiger charge is 2.75. The standard InChI is InChI=1S/C13H24O3/c1-9(2)10(3,4)12(7)14-13(8,16-15-12)11(9,5)6/h1-8H3/t12-,13+. The average molecular weight is 228 g/mol. The van der Waals surface area contributed by atoms with Crippen molar-refractivity contribution in [2.45, 2.75) is 67.0 Å². The Morgan fingerprint density at radius 3 is 1.12 bits per heavy atom. The molecule has 0 radical (unpaired) electrons. The molecule has 0 N–H and O–H groups in total. The highest BCUT2D eigenvalue weighted by atomic mass is 17.3. The van der Waals surface area contributed by atoms with Crippen LogP contribution in [0.4, 0.5) is 0 Å². The first kappa shape index (κ1) is 12.3. The van der Waals surface area contributed by atoms with Gasteiger partial charge in [-0.3, -0.25) is 0 Å². The summed E-state index contributed by atoms with van der Waals surface area (Å²) in [6.45, 7) is 17.2. The third kappa shape index (κ3) is 0.964. The summed E-state index contributed by atoms with van der Waals surface area (Å²) in [6.07, 6.45) is 0. The highest BCUT2D eigenvalue weighted by molar-refractivity contribution is 5.12. The molecule has 0 aliphatic carbocycles. The summed E-state index contributed by atoms with van der Waals surface area (Å²) in [5.74, 6) is -1.36. The minimum Gasteiger partial charge on any atom is -0.312 e. The minimum atomic E-state index is -0.680. The van der Waals surface area contributed by atoms with Gasteiger partial charge in [-0.1, -0.05) is 41.5 Å².